The van der Waals surface area contributed by atoms with E-state index in [0.29, 0.717) is 0 Å². The van der Waals surface area contributed by atoms with Crippen LogP contribution in [-0.4, -0.2) is 13.2 Å². The van der Waals surface area contributed by atoms with Crippen LogP contribution in [0.25, 0.3) is 0 Å². The number of ether oxygens (including phenoxy) is 1. The first-order chi connectivity index (χ1) is 5.20. The second kappa shape index (κ2) is 6.17. The summed E-state index contributed by atoms with van der Waals surface area (Å²) in [5.41, 5.74) is 2.57. The highest BCUT2D eigenvalue weighted by atomic mass is 16.5. The van der Waals surface area contributed by atoms with Crippen LogP contribution in [0.15, 0.2) is 23.3 Å². The lowest BCUT2D eigenvalue weighted by molar-refractivity contribution is 0.180. The van der Waals surface area contributed by atoms with E-state index in [0.717, 1.165) is 13.2 Å². The summed E-state index contributed by atoms with van der Waals surface area (Å²) in [5, 5.41) is 0. The van der Waals surface area contributed by atoms with Gasteiger partial charge in [-0.2, -0.15) is 0 Å². The Labute approximate surface area is 69.8 Å². The molecule has 0 radical (unpaired) electrons. The molecule has 0 aromatic rings. The zero-order chi connectivity index (χ0) is 8.69. The summed E-state index contributed by atoms with van der Waals surface area (Å²) in [5.74, 6) is 0. The summed E-state index contributed by atoms with van der Waals surface area (Å²) >= 11 is 0. The first kappa shape index (κ1) is 10.4. The highest BCUT2D eigenvalue weighted by molar-refractivity contribution is 4.98. The minimum absolute atomic E-state index is 0.752. The Morgan fingerprint density at radius 2 is 1.36 bits per heavy atom. The number of hydrogen-bond donors (Lipinski definition) is 0. The minimum Gasteiger partial charge on any atom is -0.373 e. The van der Waals surface area contributed by atoms with Gasteiger partial charge in [0.25, 0.3) is 0 Å². The molecule has 0 rings (SSSR count). The quantitative estimate of drug-likeness (QED) is 0.566. The Bertz CT molecular complexity index is 136. The van der Waals surface area contributed by atoms with Crippen molar-refractivity contribution in [3.63, 3.8) is 0 Å². The maximum atomic E-state index is 5.40. The van der Waals surface area contributed by atoms with Gasteiger partial charge in [-0.3, -0.25) is 0 Å². The van der Waals surface area contributed by atoms with E-state index in [2.05, 4.69) is 26.0 Å². The van der Waals surface area contributed by atoms with E-state index in [1.165, 1.54) is 11.1 Å². The highest BCUT2D eigenvalue weighted by Gasteiger charge is 1.89. The Morgan fingerprint density at radius 1 is 1.00 bits per heavy atom. The van der Waals surface area contributed by atoms with E-state index >= 15 is 0 Å². The van der Waals surface area contributed by atoms with Crippen molar-refractivity contribution in [3.8, 4) is 0 Å². The van der Waals surface area contributed by atoms with Crippen molar-refractivity contribution in [1.29, 1.82) is 0 Å². The highest BCUT2D eigenvalue weighted by Crippen LogP contribution is 1.96. The topological polar surface area (TPSA) is 9.23 Å². The summed E-state index contributed by atoms with van der Waals surface area (Å²) in [6, 6.07) is 0. The molecule has 0 bridgehead atoms. The summed E-state index contributed by atoms with van der Waals surface area (Å²) in [6.45, 7) is 9.71. The van der Waals surface area contributed by atoms with Crippen LogP contribution in [0.2, 0.25) is 0 Å². The predicted octanol–water partition coefficient (Wildman–Crippen LogP) is 2.94. The molecule has 0 N–H and O–H groups in total. The van der Waals surface area contributed by atoms with Crippen LogP contribution in [-0.2, 0) is 4.74 Å². The third-order valence-corrected chi connectivity index (χ3v) is 1.65. The zero-order valence-corrected chi connectivity index (χ0v) is 7.98. The van der Waals surface area contributed by atoms with Gasteiger partial charge in [-0.05, 0) is 27.7 Å². The van der Waals surface area contributed by atoms with E-state index in [1.807, 2.05) is 13.8 Å². The van der Waals surface area contributed by atoms with Crippen molar-refractivity contribution in [2.75, 3.05) is 13.2 Å². The fourth-order valence-corrected chi connectivity index (χ4v) is 0.540. The second-order valence-corrected chi connectivity index (χ2v) is 2.76. The summed E-state index contributed by atoms with van der Waals surface area (Å²) in [7, 11) is 0. The van der Waals surface area contributed by atoms with Gasteiger partial charge in [0.05, 0.1) is 13.2 Å². The molecule has 0 unspecified atom stereocenters. The molecule has 0 saturated heterocycles. The number of rotatable bonds is 4. The van der Waals surface area contributed by atoms with E-state index in [4.69, 9.17) is 4.74 Å². The van der Waals surface area contributed by atoms with Gasteiger partial charge in [-0.1, -0.05) is 23.3 Å². The maximum absolute atomic E-state index is 5.40. The summed E-state index contributed by atoms with van der Waals surface area (Å²) in [6.07, 6.45) is 4.15. The summed E-state index contributed by atoms with van der Waals surface area (Å²) < 4.78 is 5.40. The van der Waals surface area contributed by atoms with Crippen LogP contribution in [0, 0.1) is 0 Å². The van der Waals surface area contributed by atoms with E-state index in [1.54, 1.807) is 0 Å². The van der Waals surface area contributed by atoms with Gasteiger partial charge in [-0.15, -0.1) is 0 Å². The van der Waals surface area contributed by atoms with Crippen molar-refractivity contribution in [3.05, 3.63) is 23.3 Å². The van der Waals surface area contributed by atoms with E-state index in [-0.39, 0.29) is 0 Å². The molecule has 1 nitrogen and oxygen atoms in total. The third-order valence-electron chi connectivity index (χ3n) is 1.65. The first-order valence-electron chi connectivity index (χ1n) is 4.02. The first-order valence-corrected chi connectivity index (χ1v) is 4.02. The van der Waals surface area contributed by atoms with Crippen molar-refractivity contribution >= 4 is 0 Å². The lowest BCUT2D eigenvalue weighted by Gasteiger charge is -2.03. The van der Waals surface area contributed by atoms with Crippen LogP contribution in [0.4, 0.5) is 0 Å². The van der Waals surface area contributed by atoms with Crippen LogP contribution in [0.3, 0.4) is 0 Å². The molecular weight excluding hydrogens is 136 g/mol. The van der Waals surface area contributed by atoms with Gasteiger partial charge >= 0.3 is 0 Å². The van der Waals surface area contributed by atoms with E-state index < -0.39 is 0 Å². The van der Waals surface area contributed by atoms with Crippen LogP contribution < -0.4 is 0 Å². The molecule has 0 aromatic carbocycles. The Morgan fingerprint density at radius 3 is 1.64 bits per heavy atom. The molecule has 0 fully saturated rings. The molecule has 1 heteroatoms. The normalized spacial score (nSPS) is 13.8. The maximum Gasteiger partial charge on any atom is 0.0678 e. The fourth-order valence-electron chi connectivity index (χ4n) is 0.540. The monoisotopic (exact) mass is 154 g/mol. The largest absolute Gasteiger partial charge is 0.373 e. The number of allylic oxidation sites excluding steroid dienone is 2. The average molecular weight is 154 g/mol. The third kappa shape index (κ3) is 5.86. The van der Waals surface area contributed by atoms with Crippen LogP contribution >= 0.6 is 0 Å². The van der Waals surface area contributed by atoms with E-state index in [9.17, 15) is 0 Å². The van der Waals surface area contributed by atoms with Gasteiger partial charge in [-0.25, -0.2) is 0 Å². The molecule has 0 spiro atoms. The molecule has 0 aromatic heterocycles. The predicted molar refractivity (Wildman–Crippen MR) is 49.7 cm³/mol. The molecule has 0 amide bonds. The Balaban J connectivity index is 3.43. The van der Waals surface area contributed by atoms with Crippen molar-refractivity contribution in [2.24, 2.45) is 0 Å². The van der Waals surface area contributed by atoms with Gasteiger partial charge in [0.15, 0.2) is 0 Å². The molecule has 0 aliphatic carbocycles. The molecule has 0 aliphatic rings. The molecule has 0 atom stereocenters. The lowest BCUT2D eigenvalue weighted by atomic mass is 10.3. The molecule has 0 aliphatic heterocycles. The Hall–Kier alpha value is -0.560. The van der Waals surface area contributed by atoms with Gasteiger partial charge in [0.1, 0.15) is 0 Å². The smallest absolute Gasteiger partial charge is 0.0678 e. The van der Waals surface area contributed by atoms with Gasteiger partial charge in [0, 0.05) is 0 Å². The molecule has 11 heavy (non-hydrogen) atoms. The Kier molecular flexibility index (Phi) is 5.86. The van der Waals surface area contributed by atoms with Gasteiger partial charge in [0.2, 0.25) is 0 Å². The molecular formula is C10H18O. The SMILES string of the molecule is C/C=C(/C)COC/C(C)=C\C. The molecule has 0 saturated carbocycles. The standard InChI is InChI=1S/C10H18O/c1-5-9(3)7-11-8-10(4)6-2/h5-6H,7-8H2,1-4H3/b9-5-,10-6-. The zero-order valence-electron chi connectivity index (χ0n) is 7.98. The van der Waals surface area contributed by atoms with Gasteiger partial charge < -0.3 is 4.74 Å². The van der Waals surface area contributed by atoms with Crippen molar-refractivity contribution < 1.29 is 4.74 Å². The fraction of sp³-hybridized carbons (Fsp3) is 0.600. The van der Waals surface area contributed by atoms with Crippen LogP contribution in [0.5, 0.6) is 0 Å². The van der Waals surface area contributed by atoms with Crippen LogP contribution in [0.1, 0.15) is 27.7 Å². The molecule has 0 heterocycles. The number of hydrogen-bond acceptors (Lipinski definition) is 1. The minimum atomic E-state index is 0.752. The van der Waals surface area contributed by atoms with Crippen molar-refractivity contribution in [1.82, 2.24) is 0 Å². The molecule has 64 valence electrons. The second-order valence-electron chi connectivity index (χ2n) is 2.76. The lowest BCUT2D eigenvalue weighted by Crippen LogP contribution is -1.98. The average Bonchev–Trinajstić information content (AvgIpc) is 2.04. The summed E-state index contributed by atoms with van der Waals surface area (Å²) in [4.78, 5) is 0. The van der Waals surface area contributed by atoms with Crippen molar-refractivity contribution in [2.45, 2.75) is 27.7 Å².